The third-order valence-corrected chi connectivity index (χ3v) is 6.62. The minimum absolute atomic E-state index is 0.0160. The van der Waals surface area contributed by atoms with E-state index < -0.39 is 20.7 Å². The minimum Gasteiger partial charge on any atom is -0.479 e. The van der Waals surface area contributed by atoms with Crippen molar-refractivity contribution in [3.8, 4) is 29.0 Å². The lowest BCUT2D eigenvalue weighted by atomic mass is 10.1. The summed E-state index contributed by atoms with van der Waals surface area (Å²) < 4.78 is 47.6. The predicted molar refractivity (Wildman–Crippen MR) is 133 cm³/mol. The Morgan fingerprint density at radius 2 is 1.75 bits per heavy atom. The van der Waals surface area contributed by atoms with Crippen LogP contribution in [0.25, 0.3) is 11.3 Å². The van der Waals surface area contributed by atoms with Gasteiger partial charge in [0.05, 0.1) is 24.1 Å². The highest BCUT2D eigenvalue weighted by atomic mass is 32.2. The predicted octanol–water partition coefficient (Wildman–Crippen LogP) is 4.21. The second-order valence-electron chi connectivity index (χ2n) is 7.94. The van der Waals surface area contributed by atoms with Gasteiger partial charge in [0.15, 0.2) is 0 Å². The van der Waals surface area contributed by atoms with Crippen LogP contribution in [0.15, 0.2) is 60.0 Å². The summed E-state index contributed by atoms with van der Waals surface area (Å²) in [6.45, 7) is 5.38. The second-order valence-corrected chi connectivity index (χ2v) is 9.59. The summed E-state index contributed by atoms with van der Waals surface area (Å²) in [6, 6.07) is 9.12. The van der Waals surface area contributed by atoms with Crippen molar-refractivity contribution in [2.75, 3.05) is 11.8 Å². The number of pyridine rings is 2. The molecule has 3 aromatic heterocycles. The third kappa shape index (κ3) is 5.31. The van der Waals surface area contributed by atoms with Crippen LogP contribution in [0.2, 0.25) is 0 Å². The normalized spacial score (nSPS) is 10.9. The fourth-order valence-electron chi connectivity index (χ4n) is 3.36. The molecule has 36 heavy (non-hydrogen) atoms. The lowest BCUT2D eigenvalue weighted by Gasteiger charge is -2.12. The van der Waals surface area contributed by atoms with Gasteiger partial charge in [-0.15, -0.1) is 0 Å². The van der Waals surface area contributed by atoms with E-state index in [-0.39, 0.29) is 11.6 Å². The average molecular weight is 504 g/mol. The van der Waals surface area contributed by atoms with E-state index >= 15 is 0 Å². The van der Waals surface area contributed by atoms with E-state index in [1.165, 1.54) is 37.8 Å². The number of halogens is 1. The molecule has 1 N–H and O–H groups in total. The van der Waals surface area contributed by atoms with Crippen LogP contribution in [0.5, 0.6) is 5.88 Å². The molecule has 0 spiro atoms. The van der Waals surface area contributed by atoms with Gasteiger partial charge < -0.3 is 4.74 Å². The number of nitrogens with zero attached hydrogens (tertiary/aromatic N) is 4. The molecule has 10 heteroatoms. The Labute approximate surface area is 208 Å². The molecule has 0 bridgehead atoms. The van der Waals surface area contributed by atoms with Crippen LogP contribution in [0.4, 0.5) is 10.1 Å². The van der Waals surface area contributed by atoms with Gasteiger partial charge >= 0.3 is 0 Å². The Kier molecular flexibility index (Phi) is 6.94. The van der Waals surface area contributed by atoms with E-state index in [1.807, 2.05) is 26.0 Å². The molecule has 0 radical (unpaired) electrons. The summed E-state index contributed by atoms with van der Waals surface area (Å²) in [5, 5.41) is 0. The van der Waals surface area contributed by atoms with Crippen LogP contribution in [-0.2, 0) is 10.0 Å². The summed E-state index contributed by atoms with van der Waals surface area (Å²) in [6.07, 6.45) is 4.62. The third-order valence-electron chi connectivity index (χ3n) is 5.22. The number of aromatic nitrogens is 4. The van der Waals surface area contributed by atoms with Crippen molar-refractivity contribution in [3.05, 3.63) is 89.0 Å². The molecular weight excluding hydrogens is 481 g/mol. The highest BCUT2D eigenvalue weighted by Crippen LogP contribution is 2.27. The topological polar surface area (TPSA) is 107 Å². The van der Waals surface area contributed by atoms with Crippen molar-refractivity contribution in [3.63, 3.8) is 0 Å². The Balaban J connectivity index is 1.72. The fourth-order valence-corrected chi connectivity index (χ4v) is 4.47. The molecule has 0 atom stereocenters. The monoisotopic (exact) mass is 503 g/mol. The molecule has 0 aliphatic rings. The molecule has 8 nitrogen and oxygen atoms in total. The second kappa shape index (κ2) is 10.1. The first-order chi connectivity index (χ1) is 17.2. The van der Waals surface area contributed by atoms with Crippen molar-refractivity contribution in [2.45, 2.75) is 25.7 Å². The first-order valence-corrected chi connectivity index (χ1v) is 12.3. The van der Waals surface area contributed by atoms with Gasteiger partial charge in [-0.05, 0) is 56.7 Å². The highest BCUT2D eigenvalue weighted by molar-refractivity contribution is 7.92. The van der Waals surface area contributed by atoms with Gasteiger partial charge in [0, 0.05) is 29.2 Å². The largest absolute Gasteiger partial charge is 0.479 e. The fraction of sp³-hybridized carbons (Fsp3) is 0.154. The Hall–Kier alpha value is -4.36. The standard InChI is InChI=1S/C26H22FN5O3S/c1-16-5-10-24(22(27)11-16)36(33,34)32-23-12-19(13-29-26(23)35-4)7-9-21-18(3)30-15-31-25(21)20-8-6-17(2)28-14-20/h5-6,8,10-15,32H,1-4H3. The molecule has 0 saturated heterocycles. The summed E-state index contributed by atoms with van der Waals surface area (Å²) >= 11 is 0. The van der Waals surface area contributed by atoms with Crippen molar-refractivity contribution in [2.24, 2.45) is 0 Å². The highest BCUT2D eigenvalue weighted by Gasteiger charge is 2.21. The quantitative estimate of drug-likeness (QED) is 0.407. The van der Waals surface area contributed by atoms with Crippen molar-refractivity contribution < 1.29 is 17.5 Å². The lowest BCUT2D eigenvalue weighted by Crippen LogP contribution is -2.15. The van der Waals surface area contributed by atoms with Gasteiger partial charge in [-0.2, -0.15) is 0 Å². The number of anilines is 1. The molecule has 4 rings (SSSR count). The first kappa shape index (κ1) is 24.8. The summed E-state index contributed by atoms with van der Waals surface area (Å²) in [5.74, 6) is 5.20. The average Bonchev–Trinajstić information content (AvgIpc) is 2.83. The Morgan fingerprint density at radius 3 is 2.44 bits per heavy atom. The van der Waals surface area contributed by atoms with Gasteiger partial charge in [-0.3, -0.25) is 9.71 Å². The zero-order valence-corrected chi connectivity index (χ0v) is 20.8. The number of aryl methyl sites for hydroxylation is 3. The van der Waals surface area contributed by atoms with Crippen molar-refractivity contribution in [1.82, 2.24) is 19.9 Å². The first-order valence-electron chi connectivity index (χ1n) is 10.8. The van der Waals surface area contributed by atoms with Gasteiger partial charge in [0.2, 0.25) is 5.88 Å². The van der Waals surface area contributed by atoms with E-state index in [9.17, 15) is 12.8 Å². The number of nitrogens with one attached hydrogen (secondary N) is 1. The summed E-state index contributed by atoms with van der Waals surface area (Å²) in [5.41, 5.74) is 4.58. The number of hydrogen-bond donors (Lipinski definition) is 1. The number of methoxy groups -OCH3 is 1. The molecule has 0 aliphatic carbocycles. The molecule has 0 aliphatic heterocycles. The maximum atomic E-state index is 14.4. The molecule has 0 saturated carbocycles. The molecule has 0 fully saturated rings. The molecular formula is C26H22FN5O3S. The summed E-state index contributed by atoms with van der Waals surface area (Å²) in [4.78, 5) is 16.6. The minimum atomic E-state index is -4.25. The van der Waals surface area contributed by atoms with Crippen LogP contribution in [-0.4, -0.2) is 35.5 Å². The molecule has 0 amide bonds. The van der Waals surface area contributed by atoms with E-state index in [0.717, 1.165) is 17.3 Å². The van der Waals surface area contributed by atoms with Crippen LogP contribution in [0.3, 0.4) is 0 Å². The van der Waals surface area contributed by atoms with E-state index in [2.05, 4.69) is 36.5 Å². The zero-order chi connectivity index (χ0) is 25.9. The lowest BCUT2D eigenvalue weighted by molar-refractivity contribution is 0.400. The Bertz CT molecular complexity index is 1610. The van der Waals surface area contributed by atoms with E-state index in [0.29, 0.717) is 28.1 Å². The van der Waals surface area contributed by atoms with Gasteiger partial charge in [0.1, 0.15) is 22.7 Å². The molecule has 4 aromatic rings. The maximum absolute atomic E-state index is 14.4. The smallest absolute Gasteiger partial charge is 0.264 e. The number of benzene rings is 1. The van der Waals surface area contributed by atoms with Crippen molar-refractivity contribution in [1.29, 1.82) is 0 Å². The summed E-state index contributed by atoms with van der Waals surface area (Å²) in [7, 11) is -2.90. The van der Waals surface area contributed by atoms with Crippen LogP contribution < -0.4 is 9.46 Å². The molecule has 182 valence electrons. The van der Waals surface area contributed by atoms with Gasteiger partial charge in [-0.1, -0.05) is 17.9 Å². The van der Waals surface area contributed by atoms with Gasteiger partial charge in [0.25, 0.3) is 10.0 Å². The Morgan fingerprint density at radius 1 is 0.944 bits per heavy atom. The van der Waals surface area contributed by atoms with Crippen LogP contribution >= 0.6 is 0 Å². The molecule has 3 heterocycles. The SMILES string of the molecule is COc1ncc(C#Cc2c(C)ncnc2-c2ccc(C)nc2)cc1NS(=O)(=O)c1ccc(C)cc1F. The molecule has 0 unspecified atom stereocenters. The van der Waals surface area contributed by atoms with Crippen molar-refractivity contribution >= 4 is 15.7 Å². The maximum Gasteiger partial charge on any atom is 0.264 e. The van der Waals surface area contributed by atoms with Gasteiger partial charge in [-0.25, -0.2) is 27.8 Å². The number of rotatable bonds is 5. The number of sulfonamides is 1. The number of ether oxygens (including phenoxy) is 1. The van der Waals surface area contributed by atoms with Crippen LogP contribution in [0, 0.1) is 38.4 Å². The number of hydrogen-bond acceptors (Lipinski definition) is 7. The van der Waals surface area contributed by atoms with E-state index in [4.69, 9.17) is 4.74 Å². The van der Waals surface area contributed by atoms with E-state index in [1.54, 1.807) is 13.1 Å². The van der Waals surface area contributed by atoms with Crippen LogP contribution in [0.1, 0.15) is 28.1 Å². The zero-order valence-electron chi connectivity index (χ0n) is 20.0. The molecule has 1 aromatic carbocycles.